The van der Waals surface area contributed by atoms with Crippen molar-refractivity contribution in [3.05, 3.63) is 70.7 Å². The quantitative estimate of drug-likeness (QED) is 0.841. The summed E-state index contributed by atoms with van der Waals surface area (Å²) in [6.45, 7) is 2.08. The Labute approximate surface area is 142 Å². The molecule has 0 unspecified atom stereocenters. The Morgan fingerprint density at radius 1 is 1.13 bits per heavy atom. The predicted octanol–water partition coefficient (Wildman–Crippen LogP) is 2.98. The third-order valence-corrected chi connectivity index (χ3v) is 4.59. The highest BCUT2D eigenvalue weighted by atomic mass is 35.5. The summed E-state index contributed by atoms with van der Waals surface area (Å²) in [5.41, 5.74) is 2.07. The van der Waals surface area contributed by atoms with Gasteiger partial charge in [0.05, 0.1) is 0 Å². The molecule has 1 aliphatic carbocycles. The number of hydrogen-bond acceptors (Lipinski definition) is 1. The summed E-state index contributed by atoms with van der Waals surface area (Å²) in [4.78, 5) is 12.7. The van der Waals surface area contributed by atoms with Crippen molar-refractivity contribution in [2.75, 3.05) is 0 Å². The number of nitrogens with one attached hydrogen (secondary N) is 1. The van der Waals surface area contributed by atoms with Gasteiger partial charge in [-0.15, -0.1) is 0 Å². The Morgan fingerprint density at radius 2 is 1.78 bits per heavy atom. The molecule has 2 atom stereocenters. The van der Waals surface area contributed by atoms with E-state index < -0.39 is 0 Å². The van der Waals surface area contributed by atoms with Crippen LogP contribution in [-0.2, 0) is 4.79 Å². The molecule has 1 saturated carbocycles. The maximum Gasteiger partial charge on any atom is 0.283 e. The first-order chi connectivity index (χ1) is 11.1. The van der Waals surface area contributed by atoms with Crippen LogP contribution in [0.3, 0.4) is 0 Å². The standard InChI is InChI=1S/C19H21ClN2O/c1-13(16-9-5-6-10-17(16)20)21-18(14-7-3-2-4-8-14)19(23)22-15-11-12-15/h2-10,13,15,18,21H,11-12H2,1H3,(H,22,23)/p+1/t13-,18+/m0/s1. The minimum atomic E-state index is -0.261. The fourth-order valence-corrected chi connectivity index (χ4v) is 3.07. The normalized spacial score (nSPS) is 16.6. The number of nitrogens with two attached hydrogens (primary N) is 1. The van der Waals surface area contributed by atoms with E-state index in [1.807, 2.05) is 54.6 Å². The van der Waals surface area contributed by atoms with E-state index in [1.54, 1.807) is 0 Å². The van der Waals surface area contributed by atoms with Crippen molar-refractivity contribution in [1.29, 1.82) is 0 Å². The summed E-state index contributed by atoms with van der Waals surface area (Å²) in [7, 11) is 0. The number of carbonyl (C=O) groups excluding carboxylic acids is 1. The van der Waals surface area contributed by atoms with Gasteiger partial charge in [0.2, 0.25) is 0 Å². The molecule has 3 nitrogen and oxygen atoms in total. The number of carbonyl (C=O) groups is 1. The molecule has 4 heteroatoms. The summed E-state index contributed by atoms with van der Waals surface area (Å²) < 4.78 is 0. The van der Waals surface area contributed by atoms with Crippen LogP contribution in [0.25, 0.3) is 0 Å². The third kappa shape index (κ3) is 4.12. The Kier molecular flexibility index (Phi) is 4.99. The molecule has 0 radical (unpaired) electrons. The number of quaternary nitrogens is 1. The van der Waals surface area contributed by atoms with Crippen LogP contribution in [0.15, 0.2) is 54.6 Å². The summed E-state index contributed by atoms with van der Waals surface area (Å²) in [6, 6.07) is 17.9. The Bertz CT molecular complexity index is 670. The zero-order valence-electron chi connectivity index (χ0n) is 13.2. The first-order valence-corrected chi connectivity index (χ1v) is 8.47. The van der Waals surface area contributed by atoms with Crippen LogP contribution in [0, 0.1) is 0 Å². The van der Waals surface area contributed by atoms with Crippen LogP contribution in [0.2, 0.25) is 5.02 Å². The second-order valence-corrected chi connectivity index (χ2v) is 6.58. The zero-order valence-corrected chi connectivity index (χ0v) is 14.0. The van der Waals surface area contributed by atoms with Gasteiger partial charge < -0.3 is 10.6 Å². The molecular weight excluding hydrogens is 308 g/mol. The lowest BCUT2D eigenvalue weighted by molar-refractivity contribution is -0.719. The average molecular weight is 330 g/mol. The van der Waals surface area contributed by atoms with Crippen molar-refractivity contribution < 1.29 is 10.1 Å². The third-order valence-electron chi connectivity index (χ3n) is 4.24. The van der Waals surface area contributed by atoms with E-state index in [9.17, 15) is 4.79 Å². The van der Waals surface area contributed by atoms with Crippen molar-refractivity contribution in [2.45, 2.75) is 37.9 Å². The van der Waals surface area contributed by atoms with Crippen LogP contribution in [0.4, 0.5) is 0 Å². The minimum absolute atomic E-state index is 0.0811. The smallest absolute Gasteiger partial charge is 0.283 e. The molecule has 120 valence electrons. The summed E-state index contributed by atoms with van der Waals surface area (Å²) in [5, 5.41) is 5.95. The maximum atomic E-state index is 12.7. The number of rotatable bonds is 6. The van der Waals surface area contributed by atoms with Crippen molar-refractivity contribution in [1.82, 2.24) is 5.32 Å². The summed E-state index contributed by atoms with van der Waals surface area (Å²) >= 11 is 6.30. The Hall–Kier alpha value is -1.84. The molecule has 1 aliphatic rings. The molecule has 0 spiro atoms. The van der Waals surface area contributed by atoms with Crippen LogP contribution in [0.5, 0.6) is 0 Å². The largest absolute Gasteiger partial charge is 0.348 e. The van der Waals surface area contributed by atoms with Gasteiger partial charge in [-0.2, -0.15) is 0 Å². The van der Waals surface area contributed by atoms with Gasteiger partial charge in [-0.05, 0) is 25.8 Å². The van der Waals surface area contributed by atoms with Crippen LogP contribution < -0.4 is 10.6 Å². The number of amides is 1. The van der Waals surface area contributed by atoms with E-state index in [-0.39, 0.29) is 18.0 Å². The minimum Gasteiger partial charge on any atom is -0.348 e. The van der Waals surface area contributed by atoms with Gasteiger partial charge in [0.1, 0.15) is 6.04 Å². The molecule has 0 aromatic heterocycles. The zero-order chi connectivity index (χ0) is 16.2. The lowest BCUT2D eigenvalue weighted by Crippen LogP contribution is -2.88. The molecule has 0 bridgehead atoms. The number of halogens is 1. The molecule has 3 rings (SSSR count). The Morgan fingerprint density at radius 3 is 2.43 bits per heavy atom. The lowest BCUT2D eigenvalue weighted by Gasteiger charge is -2.21. The van der Waals surface area contributed by atoms with E-state index in [0.717, 1.165) is 29.0 Å². The molecule has 1 amide bonds. The average Bonchev–Trinajstić information content (AvgIpc) is 3.37. The molecule has 2 aromatic rings. The van der Waals surface area contributed by atoms with Crippen LogP contribution >= 0.6 is 11.6 Å². The number of benzene rings is 2. The van der Waals surface area contributed by atoms with Gasteiger partial charge in [0.15, 0.2) is 6.04 Å². The monoisotopic (exact) mass is 329 g/mol. The van der Waals surface area contributed by atoms with E-state index in [1.165, 1.54) is 0 Å². The molecule has 0 heterocycles. The topological polar surface area (TPSA) is 45.7 Å². The highest BCUT2D eigenvalue weighted by Gasteiger charge is 2.32. The molecule has 23 heavy (non-hydrogen) atoms. The molecule has 3 N–H and O–H groups in total. The van der Waals surface area contributed by atoms with Gasteiger partial charge >= 0.3 is 0 Å². The SMILES string of the molecule is C[C@H]([NH2+][C@@H](C(=O)NC1CC1)c1ccccc1)c1ccccc1Cl. The highest BCUT2D eigenvalue weighted by molar-refractivity contribution is 6.31. The summed E-state index contributed by atoms with van der Waals surface area (Å²) in [5.74, 6) is 0.0811. The first-order valence-electron chi connectivity index (χ1n) is 8.10. The maximum absolute atomic E-state index is 12.7. The van der Waals surface area contributed by atoms with E-state index in [4.69, 9.17) is 11.6 Å². The van der Waals surface area contributed by atoms with Crippen molar-refractivity contribution >= 4 is 17.5 Å². The van der Waals surface area contributed by atoms with Crippen molar-refractivity contribution in [3.63, 3.8) is 0 Å². The molecule has 0 saturated heterocycles. The van der Waals surface area contributed by atoms with Gasteiger partial charge in [0.25, 0.3) is 5.91 Å². The molecular formula is C19H22ClN2O+. The second kappa shape index (κ2) is 7.16. The van der Waals surface area contributed by atoms with E-state index in [0.29, 0.717) is 6.04 Å². The Balaban J connectivity index is 1.80. The highest BCUT2D eigenvalue weighted by Crippen LogP contribution is 2.22. The molecule has 0 aliphatic heterocycles. The van der Waals surface area contributed by atoms with Crippen LogP contribution in [0.1, 0.15) is 43.0 Å². The predicted molar refractivity (Wildman–Crippen MR) is 92.1 cm³/mol. The van der Waals surface area contributed by atoms with Gasteiger partial charge in [0, 0.05) is 22.2 Å². The fourth-order valence-electron chi connectivity index (χ4n) is 2.77. The van der Waals surface area contributed by atoms with Crippen molar-refractivity contribution in [2.24, 2.45) is 0 Å². The number of hydrogen-bond donors (Lipinski definition) is 2. The molecule has 2 aromatic carbocycles. The van der Waals surface area contributed by atoms with Gasteiger partial charge in [-0.25, -0.2) is 0 Å². The van der Waals surface area contributed by atoms with Gasteiger partial charge in [-0.3, -0.25) is 4.79 Å². The lowest BCUT2D eigenvalue weighted by atomic mass is 10.0. The van der Waals surface area contributed by atoms with E-state index in [2.05, 4.69) is 17.6 Å². The van der Waals surface area contributed by atoms with Gasteiger partial charge in [-0.1, -0.05) is 60.1 Å². The first kappa shape index (κ1) is 16.0. The molecule has 1 fully saturated rings. The van der Waals surface area contributed by atoms with Crippen molar-refractivity contribution in [3.8, 4) is 0 Å². The fraction of sp³-hybridized carbons (Fsp3) is 0.316. The second-order valence-electron chi connectivity index (χ2n) is 6.17. The summed E-state index contributed by atoms with van der Waals surface area (Å²) in [6.07, 6.45) is 2.18. The van der Waals surface area contributed by atoms with Crippen LogP contribution in [-0.4, -0.2) is 11.9 Å². The van der Waals surface area contributed by atoms with E-state index >= 15 is 0 Å².